The number of hydrogen-bond acceptors (Lipinski definition) is 3. The molecule has 0 amide bonds. The van der Waals surface area contributed by atoms with Crippen LogP contribution in [0, 0.1) is 11.6 Å². The Morgan fingerprint density at radius 1 is 1.07 bits per heavy atom. The van der Waals surface area contributed by atoms with Crippen LogP contribution in [0.1, 0.15) is 12.5 Å². The van der Waals surface area contributed by atoms with Crippen LogP contribution in [-0.2, 0) is 6.42 Å². The summed E-state index contributed by atoms with van der Waals surface area (Å²) in [6, 6.07) is 8.96. The maximum Gasteiger partial charge on any atom is 0.195 e. The van der Waals surface area contributed by atoms with Gasteiger partial charge in [0.2, 0.25) is 0 Å². The van der Waals surface area contributed by atoms with E-state index in [0.29, 0.717) is 42.6 Å². The number of anilines is 1. The van der Waals surface area contributed by atoms with Crippen LogP contribution in [0.25, 0.3) is 0 Å². The Kier molecular flexibility index (Phi) is 9.84. The molecule has 0 radical (unpaired) electrons. The summed E-state index contributed by atoms with van der Waals surface area (Å²) >= 11 is 0. The van der Waals surface area contributed by atoms with E-state index >= 15 is 0 Å². The minimum absolute atomic E-state index is 0. The highest BCUT2D eigenvalue weighted by atomic mass is 127. The van der Waals surface area contributed by atoms with Gasteiger partial charge in [0.25, 0.3) is 0 Å². The van der Waals surface area contributed by atoms with Crippen LogP contribution >= 0.6 is 24.0 Å². The van der Waals surface area contributed by atoms with Crippen molar-refractivity contribution >= 4 is 35.6 Å². The number of nitrogens with zero attached hydrogens (tertiary/aromatic N) is 1. The van der Waals surface area contributed by atoms with Crippen molar-refractivity contribution in [3.8, 4) is 11.5 Å². The maximum atomic E-state index is 13.2. The molecule has 0 heterocycles. The Bertz CT molecular complexity index is 752. The first-order valence-corrected chi connectivity index (χ1v) is 8.29. The van der Waals surface area contributed by atoms with Gasteiger partial charge in [-0.1, -0.05) is 0 Å². The van der Waals surface area contributed by atoms with E-state index in [-0.39, 0.29) is 24.0 Å². The zero-order valence-corrected chi connectivity index (χ0v) is 17.8. The number of benzene rings is 2. The normalized spacial score (nSPS) is 10.8. The summed E-state index contributed by atoms with van der Waals surface area (Å²) in [4.78, 5) is 4.14. The third kappa shape index (κ3) is 7.20. The molecule has 148 valence electrons. The number of halogens is 3. The Labute approximate surface area is 175 Å². The van der Waals surface area contributed by atoms with Gasteiger partial charge in [0.15, 0.2) is 17.5 Å². The molecule has 27 heavy (non-hydrogen) atoms. The van der Waals surface area contributed by atoms with E-state index in [1.807, 2.05) is 19.1 Å². The molecule has 5 nitrogen and oxygen atoms in total. The predicted octanol–water partition coefficient (Wildman–Crippen LogP) is 4.22. The first kappa shape index (κ1) is 22.9. The van der Waals surface area contributed by atoms with Crippen molar-refractivity contribution in [2.24, 2.45) is 4.99 Å². The van der Waals surface area contributed by atoms with Crippen molar-refractivity contribution in [2.45, 2.75) is 13.3 Å². The minimum Gasteiger partial charge on any atom is -0.493 e. The molecule has 2 N–H and O–H groups in total. The van der Waals surface area contributed by atoms with Crippen molar-refractivity contribution in [2.75, 3.05) is 32.6 Å². The number of ether oxygens (including phenoxy) is 2. The van der Waals surface area contributed by atoms with Crippen LogP contribution in [0.4, 0.5) is 14.5 Å². The zero-order valence-electron chi connectivity index (χ0n) is 15.5. The van der Waals surface area contributed by atoms with Gasteiger partial charge in [0, 0.05) is 31.4 Å². The SMILES string of the molecule is CCOc1cc(NC(=NC)NCCc2cc(F)cc(F)c2)ccc1OC.I. The van der Waals surface area contributed by atoms with E-state index in [0.717, 1.165) is 11.8 Å². The summed E-state index contributed by atoms with van der Waals surface area (Å²) in [6.07, 6.45) is 0.461. The van der Waals surface area contributed by atoms with Crippen LogP contribution < -0.4 is 20.1 Å². The molecule has 0 bridgehead atoms. The summed E-state index contributed by atoms with van der Waals surface area (Å²) in [7, 11) is 3.23. The lowest BCUT2D eigenvalue weighted by atomic mass is 10.1. The lowest BCUT2D eigenvalue weighted by molar-refractivity contribution is 0.311. The molecule has 2 aromatic carbocycles. The topological polar surface area (TPSA) is 54.9 Å². The molecular weight excluding hydrogens is 467 g/mol. The van der Waals surface area contributed by atoms with Gasteiger partial charge in [-0.2, -0.15) is 0 Å². The first-order valence-electron chi connectivity index (χ1n) is 8.29. The lowest BCUT2D eigenvalue weighted by Crippen LogP contribution is -2.32. The maximum absolute atomic E-state index is 13.2. The number of aliphatic imine (C=N–C) groups is 1. The van der Waals surface area contributed by atoms with E-state index in [9.17, 15) is 8.78 Å². The Morgan fingerprint density at radius 2 is 1.78 bits per heavy atom. The second-order valence-electron chi connectivity index (χ2n) is 5.45. The van der Waals surface area contributed by atoms with Crippen LogP contribution in [0.3, 0.4) is 0 Å². The highest BCUT2D eigenvalue weighted by Gasteiger charge is 2.07. The molecule has 0 atom stereocenters. The Hall–Kier alpha value is -2.10. The molecule has 0 fully saturated rings. The molecule has 0 saturated carbocycles. The van der Waals surface area contributed by atoms with Crippen LogP contribution in [0.5, 0.6) is 11.5 Å². The summed E-state index contributed by atoms with van der Waals surface area (Å²) in [5.74, 6) is 0.655. The lowest BCUT2D eigenvalue weighted by Gasteiger charge is -2.14. The molecule has 0 aromatic heterocycles. The van der Waals surface area contributed by atoms with Gasteiger partial charge < -0.3 is 20.1 Å². The fourth-order valence-corrected chi connectivity index (χ4v) is 2.42. The molecule has 0 saturated heterocycles. The highest BCUT2D eigenvalue weighted by molar-refractivity contribution is 14.0. The first-order chi connectivity index (χ1) is 12.5. The number of rotatable bonds is 7. The van der Waals surface area contributed by atoms with Crippen LogP contribution in [0.2, 0.25) is 0 Å². The molecule has 0 aliphatic heterocycles. The average Bonchev–Trinajstić information content (AvgIpc) is 2.60. The number of nitrogens with one attached hydrogen (secondary N) is 2. The average molecular weight is 491 g/mol. The van der Waals surface area contributed by atoms with Gasteiger partial charge in [-0.15, -0.1) is 24.0 Å². The molecule has 2 aromatic rings. The summed E-state index contributed by atoms with van der Waals surface area (Å²) < 4.78 is 37.2. The van der Waals surface area contributed by atoms with Gasteiger partial charge >= 0.3 is 0 Å². The van der Waals surface area contributed by atoms with Crippen molar-refractivity contribution in [1.82, 2.24) is 5.32 Å². The van der Waals surface area contributed by atoms with Gasteiger partial charge in [-0.3, -0.25) is 4.99 Å². The van der Waals surface area contributed by atoms with Gasteiger partial charge in [-0.05, 0) is 43.2 Å². The number of guanidine groups is 1. The van der Waals surface area contributed by atoms with E-state index in [4.69, 9.17) is 9.47 Å². The number of hydrogen-bond donors (Lipinski definition) is 2. The zero-order chi connectivity index (χ0) is 18.9. The van der Waals surface area contributed by atoms with Crippen LogP contribution in [0.15, 0.2) is 41.4 Å². The fourth-order valence-electron chi connectivity index (χ4n) is 2.42. The minimum atomic E-state index is -0.579. The largest absolute Gasteiger partial charge is 0.493 e. The Balaban J connectivity index is 0.00000364. The molecule has 2 rings (SSSR count). The van der Waals surface area contributed by atoms with Gasteiger partial charge in [0.05, 0.1) is 13.7 Å². The third-order valence-corrected chi connectivity index (χ3v) is 3.58. The molecule has 0 aliphatic rings. The second-order valence-corrected chi connectivity index (χ2v) is 5.45. The molecule has 0 unspecified atom stereocenters. The van der Waals surface area contributed by atoms with E-state index < -0.39 is 11.6 Å². The quantitative estimate of drug-likeness (QED) is 0.346. The van der Waals surface area contributed by atoms with Crippen molar-refractivity contribution in [3.63, 3.8) is 0 Å². The van der Waals surface area contributed by atoms with Crippen molar-refractivity contribution in [3.05, 3.63) is 53.6 Å². The molecule has 0 spiro atoms. The van der Waals surface area contributed by atoms with E-state index in [1.165, 1.54) is 12.1 Å². The standard InChI is InChI=1S/C19H23F2N3O2.HI/c1-4-26-18-12-16(5-6-17(18)25-3)24-19(22-2)23-8-7-13-9-14(20)11-15(21)10-13;/h5-6,9-12H,4,7-8H2,1-3H3,(H2,22,23,24);1H. The third-order valence-electron chi connectivity index (χ3n) is 3.58. The van der Waals surface area contributed by atoms with E-state index in [2.05, 4.69) is 15.6 Å². The van der Waals surface area contributed by atoms with E-state index in [1.54, 1.807) is 20.2 Å². The molecule has 8 heteroatoms. The molecule has 0 aliphatic carbocycles. The monoisotopic (exact) mass is 491 g/mol. The predicted molar refractivity (Wildman–Crippen MR) is 115 cm³/mol. The molecular formula is C19H24F2IN3O2. The number of methoxy groups -OCH3 is 1. The van der Waals surface area contributed by atoms with Gasteiger partial charge in [-0.25, -0.2) is 8.78 Å². The highest BCUT2D eigenvalue weighted by Crippen LogP contribution is 2.30. The summed E-state index contributed by atoms with van der Waals surface area (Å²) in [6.45, 7) is 2.89. The van der Waals surface area contributed by atoms with Gasteiger partial charge in [0.1, 0.15) is 11.6 Å². The summed E-state index contributed by atoms with van der Waals surface area (Å²) in [5.41, 5.74) is 1.35. The van der Waals surface area contributed by atoms with Crippen molar-refractivity contribution in [1.29, 1.82) is 0 Å². The summed E-state index contributed by atoms with van der Waals surface area (Å²) in [5, 5.41) is 6.25. The smallest absolute Gasteiger partial charge is 0.195 e. The van der Waals surface area contributed by atoms with Crippen LogP contribution in [-0.4, -0.2) is 33.3 Å². The Morgan fingerprint density at radius 3 is 2.37 bits per heavy atom. The second kappa shape index (κ2) is 11.6. The van der Waals surface area contributed by atoms with Crippen molar-refractivity contribution < 1.29 is 18.3 Å². The fraction of sp³-hybridized carbons (Fsp3) is 0.316.